The second kappa shape index (κ2) is 10.1. The van der Waals surface area contributed by atoms with Gasteiger partial charge in [0.25, 0.3) is 0 Å². The van der Waals surface area contributed by atoms with E-state index in [1.807, 2.05) is 6.92 Å². The van der Waals surface area contributed by atoms with E-state index in [4.69, 9.17) is 9.47 Å². The first-order valence-electron chi connectivity index (χ1n) is 9.48. The molecule has 30 heavy (non-hydrogen) atoms. The SMILES string of the molecule is CCOC(=O)c1ccccc1NC(=O)C(C)N(c1ccc(OCC)cc1)S(C)(=O)=O. The Labute approximate surface area is 176 Å². The first-order valence-corrected chi connectivity index (χ1v) is 11.3. The zero-order chi connectivity index (χ0) is 22.3. The minimum absolute atomic E-state index is 0.187. The Hall–Kier alpha value is -3.07. The molecule has 1 atom stereocenters. The molecule has 162 valence electrons. The number of anilines is 2. The third-order valence-electron chi connectivity index (χ3n) is 4.17. The number of hydrogen-bond donors (Lipinski definition) is 1. The second-order valence-corrected chi connectivity index (χ2v) is 8.28. The quantitative estimate of drug-likeness (QED) is 0.609. The fraction of sp³-hybridized carbons (Fsp3) is 0.333. The Morgan fingerprint density at radius 2 is 1.67 bits per heavy atom. The zero-order valence-corrected chi connectivity index (χ0v) is 18.2. The van der Waals surface area contributed by atoms with Crippen molar-refractivity contribution in [2.45, 2.75) is 26.8 Å². The number of hydrogen-bond acceptors (Lipinski definition) is 6. The molecule has 0 saturated heterocycles. The fourth-order valence-corrected chi connectivity index (χ4v) is 4.06. The second-order valence-electron chi connectivity index (χ2n) is 6.42. The number of nitrogens with zero attached hydrogens (tertiary/aromatic N) is 1. The van der Waals surface area contributed by atoms with Gasteiger partial charge in [0, 0.05) is 0 Å². The Kier molecular flexibility index (Phi) is 7.82. The summed E-state index contributed by atoms with van der Waals surface area (Å²) in [5.41, 5.74) is 0.752. The zero-order valence-electron chi connectivity index (χ0n) is 17.4. The van der Waals surface area contributed by atoms with Gasteiger partial charge in [-0.1, -0.05) is 12.1 Å². The number of sulfonamides is 1. The first kappa shape index (κ1) is 23.2. The molecule has 0 fully saturated rings. The van der Waals surface area contributed by atoms with Crippen LogP contribution in [0.1, 0.15) is 31.1 Å². The van der Waals surface area contributed by atoms with Crippen LogP contribution in [-0.4, -0.2) is 45.8 Å². The molecule has 1 unspecified atom stereocenters. The highest BCUT2D eigenvalue weighted by Crippen LogP contribution is 2.25. The molecule has 0 aliphatic heterocycles. The molecule has 1 amide bonds. The van der Waals surface area contributed by atoms with Gasteiger partial charge in [0.15, 0.2) is 0 Å². The highest BCUT2D eigenvalue weighted by molar-refractivity contribution is 7.92. The number of para-hydroxylation sites is 1. The van der Waals surface area contributed by atoms with Crippen molar-refractivity contribution in [1.82, 2.24) is 0 Å². The van der Waals surface area contributed by atoms with Crippen molar-refractivity contribution in [3.63, 3.8) is 0 Å². The number of carbonyl (C=O) groups is 2. The summed E-state index contributed by atoms with van der Waals surface area (Å²) in [6.07, 6.45) is 1.03. The number of amides is 1. The van der Waals surface area contributed by atoms with Crippen molar-refractivity contribution in [3.8, 4) is 5.75 Å². The van der Waals surface area contributed by atoms with Gasteiger partial charge >= 0.3 is 5.97 Å². The molecule has 9 heteroatoms. The lowest BCUT2D eigenvalue weighted by Gasteiger charge is -2.28. The predicted octanol–water partition coefficient (Wildman–Crippen LogP) is 3.06. The van der Waals surface area contributed by atoms with Crippen molar-refractivity contribution >= 4 is 33.3 Å². The molecule has 0 radical (unpaired) electrons. The lowest BCUT2D eigenvalue weighted by atomic mass is 10.1. The molecule has 2 aromatic carbocycles. The minimum atomic E-state index is -3.77. The van der Waals surface area contributed by atoms with Crippen molar-refractivity contribution in [1.29, 1.82) is 0 Å². The molecule has 0 aromatic heterocycles. The van der Waals surface area contributed by atoms with Gasteiger partial charge in [-0.25, -0.2) is 13.2 Å². The van der Waals surface area contributed by atoms with E-state index in [9.17, 15) is 18.0 Å². The van der Waals surface area contributed by atoms with E-state index in [0.717, 1.165) is 10.6 Å². The fourth-order valence-electron chi connectivity index (χ4n) is 2.88. The number of carbonyl (C=O) groups excluding carboxylic acids is 2. The maximum atomic E-state index is 12.9. The first-order chi connectivity index (χ1) is 14.2. The summed E-state index contributed by atoms with van der Waals surface area (Å²) in [4.78, 5) is 25.0. The van der Waals surface area contributed by atoms with Crippen molar-refractivity contribution < 1.29 is 27.5 Å². The van der Waals surface area contributed by atoms with E-state index in [1.165, 1.54) is 13.0 Å². The normalized spacial score (nSPS) is 12.0. The van der Waals surface area contributed by atoms with E-state index in [2.05, 4.69) is 5.32 Å². The largest absolute Gasteiger partial charge is 0.494 e. The van der Waals surface area contributed by atoms with Gasteiger partial charge < -0.3 is 14.8 Å². The van der Waals surface area contributed by atoms with Gasteiger partial charge in [-0.15, -0.1) is 0 Å². The number of esters is 1. The Balaban J connectivity index is 2.30. The van der Waals surface area contributed by atoms with Crippen LogP contribution in [0.25, 0.3) is 0 Å². The van der Waals surface area contributed by atoms with E-state index >= 15 is 0 Å². The van der Waals surface area contributed by atoms with Crippen LogP contribution in [0, 0.1) is 0 Å². The standard InChI is InChI=1S/C21H26N2O6S/c1-5-28-17-13-11-16(12-14-17)23(30(4,26)27)15(3)20(24)22-19-10-8-7-9-18(19)21(25)29-6-2/h7-15H,5-6H2,1-4H3,(H,22,24). The van der Waals surface area contributed by atoms with Crippen LogP contribution in [0.5, 0.6) is 5.75 Å². The van der Waals surface area contributed by atoms with E-state index < -0.39 is 27.9 Å². The van der Waals surface area contributed by atoms with Crippen LogP contribution < -0.4 is 14.4 Å². The smallest absolute Gasteiger partial charge is 0.340 e. The molecule has 0 heterocycles. The summed E-state index contributed by atoms with van der Waals surface area (Å²) in [6.45, 7) is 5.67. The monoisotopic (exact) mass is 434 g/mol. The van der Waals surface area contributed by atoms with Crippen LogP contribution in [0.2, 0.25) is 0 Å². The van der Waals surface area contributed by atoms with Crippen LogP contribution in [0.15, 0.2) is 48.5 Å². The van der Waals surface area contributed by atoms with Crippen molar-refractivity contribution in [3.05, 3.63) is 54.1 Å². The average Bonchev–Trinajstić information content (AvgIpc) is 2.69. The maximum absolute atomic E-state index is 12.9. The van der Waals surface area contributed by atoms with E-state index in [1.54, 1.807) is 49.4 Å². The predicted molar refractivity (Wildman–Crippen MR) is 115 cm³/mol. The Bertz CT molecular complexity index is 989. The molecule has 8 nitrogen and oxygen atoms in total. The molecule has 0 bridgehead atoms. The molecule has 1 N–H and O–H groups in total. The van der Waals surface area contributed by atoms with Gasteiger partial charge in [-0.3, -0.25) is 9.10 Å². The summed E-state index contributed by atoms with van der Waals surface area (Å²) in [7, 11) is -3.77. The molecular formula is C21H26N2O6S. The van der Waals surface area contributed by atoms with E-state index in [-0.39, 0.29) is 17.9 Å². The molecular weight excluding hydrogens is 408 g/mol. The van der Waals surface area contributed by atoms with Crippen molar-refractivity contribution in [2.75, 3.05) is 29.1 Å². The maximum Gasteiger partial charge on any atom is 0.340 e. The van der Waals surface area contributed by atoms with Gasteiger partial charge in [-0.2, -0.15) is 0 Å². The van der Waals surface area contributed by atoms with Crippen molar-refractivity contribution in [2.24, 2.45) is 0 Å². The number of ether oxygens (including phenoxy) is 2. The topological polar surface area (TPSA) is 102 Å². The number of nitrogens with one attached hydrogen (secondary N) is 1. The van der Waals surface area contributed by atoms with Crippen LogP contribution >= 0.6 is 0 Å². The summed E-state index contributed by atoms with van der Waals surface area (Å²) in [5, 5.41) is 2.63. The highest BCUT2D eigenvalue weighted by atomic mass is 32.2. The number of benzene rings is 2. The summed E-state index contributed by atoms with van der Waals surface area (Å²) in [6, 6.07) is 11.7. The molecule has 0 aliphatic rings. The molecule has 0 spiro atoms. The Morgan fingerprint density at radius 3 is 2.23 bits per heavy atom. The van der Waals surface area contributed by atoms with Gasteiger partial charge in [0.2, 0.25) is 15.9 Å². The Morgan fingerprint density at radius 1 is 1.03 bits per heavy atom. The van der Waals surface area contributed by atoms with Gasteiger partial charge in [0.1, 0.15) is 11.8 Å². The van der Waals surface area contributed by atoms with Crippen LogP contribution in [0.3, 0.4) is 0 Å². The lowest BCUT2D eigenvalue weighted by Crippen LogP contribution is -2.45. The van der Waals surface area contributed by atoms with Crippen LogP contribution in [-0.2, 0) is 19.6 Å². The van der Waals surface area contributed by atoms with Gasteiger partial charge in [0.05, 0.1) is 36.4 Å². The number of rotatable bonds is 9. The summed E-state index contributed by atoms with van der Waals surface area (Å²) in [5.74, 6) is -0.575. The highest BCUT2D eigenvalue weighted by Gasteiger charge is 2.30. The summed E-state index contributed by atoms with van der Waals surface area (Å²) >= 11 is 0. The molecule has 2 aromatic rings. The summed E-state index contributed by atoms with van der Waals surface area (Å²) < 4.78 is 36.3. The molecule has 0 saturated carbocycles. The molecule has 0 aliphatic carbocycles. The third kappa shape index (κ3) is 5.73. The third-order valence-corrected chi connectivity index (χ3v) is 5.41. The minimum Gasteiger partial charge on any atom is -0.494 e. The lowest BCUT2D eigenvalue weighted by molar-refractivity contribution is -0.116. The van der Waals surface area contributed by atoms with Crippen LogP contribution in [0.4, 0.5) is 11.4 Å². The average molecular weight is 435 g/mol. The van der Waals surface area contributed by atoms with E-state index in [0.29, 0.717) is 18.0 Å². The molecule has 2 rings (SSSR count). The van der Waals surface area contributed by atoms with Gasteiger partial charge in [-0.05, 0) is 57.2 Å².